The van der Waals surface area contributed by atoms with Crippen LogP contribution in [-0.2, 0) is 4.74 Å². The van der Waals surface area contributed by atoms with Crippen molar-refractivity contribution in [2.45, 2.75) is 76.7 Å². The van der Waals surface area contributed by atoms with E-state index in [9.17, 15) is 4.39 Å². The Morgan fingerprint density at radius 2 is 1.86 bits per heavy atom. The number of aromatic nitrogens is 5. The zero-order valence-corrected chi connectivity index (χ0v) is 26.0. The largest absolute Gasteiger partial charge is 0.496 e. The summed E-state index contributed by atoms with van der Waals surface area (Å²) in [6.45, 7) is 10.2. The highest BCUT2D eigenvalue weighted by molar-refractivity contribution is 5.80. The lowest BCUT2D eigenvalue weighted by Gasteiger charge is -2.45. The average Bonchev–Trinajstić information content (AvgIpc) is 3.46. The highest BCUT2D eigenvalue weighted by Gasteiger charge is 2.40. The van der Waals surface area contributed by atoms with Crippen LogP contribution in [0.4, 0.5) is 21.7 Å². The summed E-state index contributed by atoms with van der Waals surface area (Å²) < 4.78 is 28.5. The molecule has 10 nitrogen and oxygen atoms in total. The number of benzene rings is 1. The molecule has 0 unspecified atom stereocenters. The van der Waals surface area contributed by atoms with Crippen LogP contribution < -0.4 is 20.7 Å². The first-order valence-corrected chi connectivity index (χ1v) is 15.2. The Labute approximate surface area is 257 Å². The van der Waals surface area contributed by atoms with Gasteiger partial charge in [-0.2, -0.15) is 5.10 Å². The van der Waals surface area contributed by atoms with Crippen molar-refractivity contribution in [3.8, 4) is 28.3 Å². The molecule has 3 N–H and O–H groups in total. The second-order valence-corrected chi connectivity index (χ2v) is 13.0. The fourth-order valence-electron chi connectivity index (χ4n) is 6.70. The standard InChI is InChI=1S/C33H41FN8O2/c1-32(2)15-23(16-33(3,4)44-32)42-19-21(17-38-42)24-18-37-29(14-26(24)41-13-7-8-22(35)20-41)39-28-11-12-36-31(40-28)30-25(34)9-6-10-27(30)43-5/h6,9-12,14,17-19,22-23H,7-8,13,15-16,20,35H2,1-5H3,(H,36,37,39,40)/t22-/m0/s1. The second-order valence-electron chi connectivity index (χ2n) is 13.0. The number of anilines is 3. The van der Waals surface area contributed by atoms with Gasteiger partial charge in [0.2, 0.25) is 0 Å². The molecule has 232 valence electrons. The van der Waals surface area contributed by atoms with Gasteiger partial charge in [-0.15, -0.1) is 0 Å². The van der Waals surface area contributed by atoms with E-state index in [0.29, 0.717) is 17.4 Å². The lowest BCUT2D eigenvalue weighted by molar-refractivity contribution is -0.170. The highest BCUT2D eigenvalue weighted by atomic mass is 19.1. The number of nitrogens with two attached hydrogens (primary N) is 1. The summed E-state index contributed by atoms with van der Waals surface area (Å²) in [4.78, 5) is 16.0. The smallest absolute Gasteiger partial charge is 0.168 e. The number of piperidine rings is 1. The first-order valence-electron chi connectivity index (χ1n) is 15.2. The van der Waals surface area contributed by atoms with Gasteiger partial charge >= 0.3 is 0 Å². The number of hydrogen-bond donors (Lipinski definition) is 2. The zero-order valence-electron chi connectivity index (χ0n) is 26.0. The van der Waals surface area contributed by atoms with Crippen LogP contribution in [0, 0.1) is 5.82 Å². The quantitative estimate of drug-likeness (QED) is 0.258. The Balaban J connectivity index is 1.32. The molecule has 0 spiro atoms. The molecule has 11 heteroatoms. The highest BCUT2D eigenvalue weighted by Crippen LogP contribution is 2.42. The number of methoxy groups -OCH3 is 1. The molecule has 0 aliphatic carbocycles. The molecule has 44 heavy (non-hydrogen) atoms. The first kappa shape index (κ1) is 30.0. The summed E-state index contributed by atoms with van der Waals surface area (Å²) >= 11 is 0. The number of halogens is 1. The number of ether oxygens (including phenoxy) is 2. The molecule has 2 aliphatic rings. The van der Waals surface area contributed by atoms with Crippen molar-refractivity contribution in [2.75, 3.05) is 30.4 Å². The van der Waals surface area contributed by atoms with Crippen LogP contribution in [-0.4, -0.2) is 62.2 Å². The lowest BCUT2D eigenvalue weighted by Crippen LogP contribution is -2.45. The maximum atomic E-state index is 14.8. The van der Waals surface area contributed by atoms with E-state index in [0.717, 1.165) is 55.6 Å². The Hall–Kier alpha value is -4.09. The van der Waals surface area contributed by atoms with Crippen LogP contribution in [0.2, 0.25) is 0 Å². The van der Waals surface area contributed by atoms with Crippen molar-refractivity contribution in [3.63, 3.8) is 0 Å². The number of hydrogen-bond acceptors (Lipinski definition) is 9. The molecule has 1 aromatic carbocycles. The van der Waals surface area contributed by atoms with E-state index in [1.165, 1.54) is 13.2 Å². The Kier molecular flexibility index (Phi) is 8.02. The third-order valence-electron chi connectivity index (χ3n) is 8.30. The Morgan fingerprint density at radius 1 is 1.07 bits per heavy atom. The van der Waals surface area contributed by atoms with Crippen molar-refractivity contribution in [1.29, 1.82) is 0 Å². The van der Waals surface area contributed by atoms with Crippen LogP contribution in [0.1, 0.15) is 59.4 Å². The van der Waals surface area contributed by atoms with Crippen molar-refractivity contribution in [1.82, 2.24) is 24.7 Å². The lowest BCUT2D eigenvalue weighted by atomic mass is 9.85. The van der Waals surface area contributed by atoms with Crippen LogP contribution in [0.25, 0.3) is 22.5 Å². The van der Waals surface area contributed by atoms with E-state index in [-0.39, 0.29) is 34.7 Å². The van der Waals surface area contributed by atoms with Gasteiger partial charge in [0.05, 0.1) is 36.1 Å². The number of pyridine rings is 1. The average molecular weight is 601 g/mol. The van der Waals surface area contributed by atoms with Crippen molar-refractivity contribution < 1.29 is 13.9 Å². The SMILES string of the molecule is COc1cccc(F)c1-c1nccc(Nc2cc(N3CCC[C@H](N)C3)c(-c3cnn(C4CC(C)(C)OC(C)(C)C4)c3)cn2)n1. The molecule has 5 heterocycles. The van der Waals surface area contributed by atoms with Crippen LogP contribution >= 0.6 is 0 Å². The van der Waals surface area contributed by atoms with Gasteiger partial charge in [-0.05, 0) is 71.6 Å². The molecule has 2 aliphatic heterocycles. The molecule has 2 saturated heterocycles. The minimum absolute atomic E-state index is 0.0933. The van der Waals surface area contributed by atoms with Crippen molar-refractivity contribution in [3.05, 3.63) is 60.9 Å². The molecule has 2 fully saturated rings. The third kappa shape index (κ3) is 6.39. The fourth-order valence-corrected chi connectivity index (χ4v) is 6.70. The van der Waals surface area contributed by atoms with Gasteiger partial charge in [0.15, 0.2) is 5.82 Å². The zero-order chi connectivity index (χ0) is 31.1. The summed E-state index contributed by atoms with van der Waals surface area (Å²) in [5.74, 6) is 1.21. The maximum absolute atomic E-state index is 14.8. The number of nitrogens with zero attached hydrogens (tertiary/aromatic N) is 6. The van der Waals surface area contributed by atoms with E-state index in [4.69, 9.17) is 25.3 Å². The van der Waals surface area contributed by atoms with E-state index in [2.05, 4.69) is 58.8 Å². The van der Waals surface area contributed by atoms with Crippen molar-refractivity contribution >= 4 is 17.3 Å². The summed E-state index contributed by atoms with van der Waals surface area (Å²) in [6, 6.07) is 8.71. The van der Waals surface area contributed by atoms with E-state index < -0.39 is 5.82 Å². The molecular formula is C33H41FN8O2. The van der Waals surface area contributed by atoms with Gasteiger partial charge in [0.25, 0.3) is 0 Å². The number of nitrogens with one attached hydrogen (secondary N) is 1. The molecule has 0 amide bonds. The van der Waals surface area contributed by atoms with Gasteiger partial charge in [0.1, 0.15) is 23.2 Å². The van der Waals surface area contributed by atoms with E-state index >= 15 is 0 Å². The van der Waals surface area contributed by atoms with Crippen LogP contribution in [0.15, 0.2) is 55.1 Å². The monoisotopic (exact) mass is 600 g/mol. The Morgan fingerprint density at radius 3 is 2.61 bits per heavy atom. The molecule has 0 radical (unpaired) electrons. The molecule has 4 aromatic rings. The predicted octanol–water partition coefficient (Wildman–Crippen LogP) is 6.13. The maximum Gasteiger partial charge on any atom is 0.168 e. The summed E-state index contributed by atoms with van der Waals surface area (Å²) in [5.41, 5.74) is 9.16. The molecule has 0 saturated carbocycles. The van der Waals surface area contributed by atoms with Crippen LogP contribution in [0.5, 0.6) is 5.75 Å². The molecule has 6 rings (SSSR count). The Bertz CT molecular complexity index is 1620. The minimum Gasteiger partial charge on any atom is -0.496 e. The van der Waals surface area contributed by atoms with Crippen molar-refractivity contribution in [2.24, 2.45) is 5.73 Å². The second kappa shape index (κ2) is 11.8. The van der Waals surface area contributed by atoms with Gasteiger partial charge in [-0.1, -0.05) is 6.07 Å². The summed E-state index contributed by atoms with van der Waals surface area (Å²) in [7, 11) is 1.49. The normalized spacial score (nSPS) is 20.0. The topological polar surface area (TPSA) is 116 Å². The third-order valence-corrected chi connectivity index (χ3v) is 8.30. The first-order chi connectivity index (χ1) is 21.0. The van der Waals surface area contributed by atoms with Gasteiger partial charge in [-0.3, -0.25) is 4.68 Å². The van der Waals surface area contributed by atoms with Gasteiger partial charge < -0.3 is 25.4 Å². The van der Waals surface area contributed by atoms with Gasteiger partial charge in [0, 0.05) is 60.6 Å². The molecular weight excluding hydrogens is 559 g/mol. The molecule has 1 atom stereocenters. The fraction of sp³-hybridized carbons (Fsp3) is 0.455. The minimum atomic E-state index is -0.457. The predicted molar refractivity (Wildman–Crippen MR) is 170 cm³/mol. The van der Waals surface area contributed by atoms with Gasteiger partial charge in [-0.25, -0.2) is 19.3 Å². The summed E-state index contributed by atoms with van der Waals surface area (Å²) in [6.07, 6.45) is 11.3. The summed E-state index contributed by atoms with van der Waals surface area (Å²) in [5, 5.41) is 8.11. The number of rotatable bonds is 7. The van der Waals surface area contributed by atoms with E-state index in [1.54, 1.807) is 24.4 Å². The molecule has 3 aromatic heterocycles. The van der Waals surface area contributed by atoms with E-state index in [1.807, 2.05) is 18.5 Å². The molecule has 0 bridgehead atoms. The van der Waals surface area contributed by atoms with Crippen LogP contribution in [0.3, 0.4) is 0 Å².